The number of hydrogen-bond acceptors (Lipinski definition) is 7. The lowest BCUT2D eigenvalue weighted by Crippen LogP contribution is -2.04. The van der Waals surface area contributed by atoms with E-state index in [9.17, 15) is 4.91 Å². The topological polar surface area (TPSA) is 82.0 Å². The normalized spacial score (nSPS) is 10.0. The molecule has 0 aliphatic heterocycles. The molecular weight excluding hydrogens is 366 g/mol. The van der Waals surface area contributed by atoms with Gasteiger partial charge in [-0.25, -0.2) is 4.98 Å². The molecule has 122 valence electrons. The standard InChI is InChI=1S/C15H16BrN3O4/c1-3-22-13-6-10(4-5-12(13)21-2)8-17-15-14(23-19-20)7-11(16)9-18-15/h4-7,9H,3,8H2,1-2H3,(H,17,18). The molecule has 1 aromatic heterocycles. The van der Waals surface area contributed by atoms with Crippen LogP contribution in [0.15, 0.2) is 40.3 Å². The van der Waals surface area contributed by atoms with Crippen LogP contribution in [0.3, 0.4) is 0 Å². The van der Waals surface area contributed by atoms with E-state index in [1.54, 1.807) is 19.4 Å². The summed E-state index contributed by atoms with van der Waals surface area (Å²) in [4.78, 5) is 19.2. The molecule has 0 bridgehead atoms. The summed E-state index contributed by atoms with van der Waals surface area (Å²) >= 11 is 3.26. The molecule has 2 rings (SSSR count). The van der Waals surface area contributed by atoms with Gasteiger partial charge in [-0.3, -0.25) is 0 Å². The first-order chi connectivity index (χ1) is 11.2. The zero-order valence-electron chi connectivity index (χ0n) is 12.7. The van der Waals surface area contributed by atoms with Crippen LogP contribution in [0.2, 0.25) is 0 Å². The average Bonchev–Trinajstić information content (AvgIpc) is 2.55. The Hall–Kier alpha value is -2.35. The fraction of sp³-hybridized carbons (Fsp3) is 0.267. The van der Waals surface area contributed by atoms with Gasteiger partial charge in [0.1, 0.15) is 0 Å². The smallest absolute Gasteiger partial charge is 0.204 e. The van der Waals surface area contributed by atoms with E-state index in [0.29, 0.717) is 34.9 Å². The predicted octanol–water partition coefficient (Wildman–Crippen LogP) is 3.92. The summed E-state index contributed by atoms with van der Waals surface area (Å²) < 4.78 is 11.5. The van der Waals surface area contributed by atoms with E-state index >= 15 is 0 Å². The second-order valence-electron chi connectivity index (χ2n) is 4.44. The van der Waals surface area contributed by atoms with Gasteiger partial charge in [0.25, 0.3) is 0 Å². The van der Waals surface area contributed by atoms with Crippen molar-refractivity contribution < 1.29 is 14.3 Å². The highest BCUT2D eigenvalue weighted by atomic mass is 79.9. The Morgan fingerprint density at radius 3 is 2.78 bits per heavy atom. The lowest BCUT2D eigenvalue weighted by Gasteiger charge is -2.12. The number of methoxy groups -OCH3 is 1. The van der Waals surface area contributed by atoms with Gasteiger partial charge in [-0.2, -0.15) is 0 Å². The molecule has 0 radical (unpaired) electrons. The van der Waals surface area contributed by atoms with Crippen molar-refractivity contribution in [3.05, 3.63) is 45.4 Å². The second-order valence-corrected chi connectivity index (χ2v) is 5.35. The predicted molar refractivity (Wildman–Crippen MR) is 89.8 cm³/mol. The summed E-state index contributed by atoms with van der Waals surface area (Å²) in [6, 6.07) is 7.23. The minimum atomic E-state index is 0.243. The minimum Gasteiger partial charge on any atom is -0.493 e. The summed E-state index contributed by atoms with van der Waals surface area (Å²) in [6.07, 6.45) is 1.60. The van der Waals surface area contributed by atoms with Crippen LogP contribution < -0.4 is 19.6 Å². The van der Waals surface area contributed by atoms with Crippen LogP contribution in [0.5, 0.6) is 17.2 Å². The summed E-state index contributed by atoms with van der Waals surface area (Å²) in [5, 5.41) is 5.53. The van der Waals surface area contributed by atoms with Gasteiger partial charge < -0.3 is 19.6 Å². The Bertz CT molecular complexity index is 682. The third-order valence-corrected chi connectivity index (χ3v) is 3.38. The van der Waals surface area contributed by atoms with Crippen LogP contribution in [0, 0.1) is 4.91 Å². The first kappa shape index (κ1) is 17.0. The molecule has 0 fully saturated rings. The van der Waals surface area contributed by atoms with Gasteiger partial charge in [-0.05, 0) is 40.5 Å². The number of rotatable bonds is 8. The summed E-state index contributed by atoms with van der Waals surface area (Å²) in [5.74, 6) is 2.00. The number of ether oxygens (including phenoxy) is 2. The molecule has 1 aromatic carbocycles. The minimum absolute atomic E-state index is 0.243. The van der Waals surface area contributed by atoms with Gasteiger partial charge in [0.15, 0.2) is 22.7 Å². The van der Waals surface area contributed by atoms with Gasteiger partial charge in [0, 0.05) is 23.3 Å². The molecule has 0 unspecified atom stereocenters. The van der Waals surface area contributed by atoms with Crippen molar-refractivity contribution in [2.75, 3.05) is 19.0 Å². The number of hydrogen-bond donors (Lipinski definition) is 1. The maximum atomic E-state index is 10.3. The Kier molecular flexibility index (Phi) is 6.16. The highest BCUT2D eigenvalue weighted by molar-refractivity contribution is 9.10. The Balaban J connectivity index is 2.14. The maximum Gasteiger partial charge on any atom is 0.204 e. The fourth-order valence-electron chi connectivity index (χ4n) is 1.95. The monoisotopic (exact) mass is 381 g/mol. The number of aromatic nitrogens is 1. The third kappa shape index (κ3) is 4.56. The first-order valence-corrected chi connectivity index (χ1v) is 7.66. The summed E-state index contributed by atoms with van der Waals surface area (Å²) in [6.45, 7) is 2.92. The SMILES string of the molecule is CCOc1cc(CNc2ncc(Br)cc2ON=O)ccc1OC. The van der Waals surface area contributed by atoms with E-state index in [0.717, 1.165) is 5.56 Å². The molecule has 2 aromatic rings. The Morgan fingerprint density at radius 1 is 1.26 bits per heavy atom. The van der Waals surface area contributed by atoms with Gasteiger partial charge in [0.05, 0.1) is 13.7 Å². The second kappa shape index (κ2) is 8.33. The van der Waals surface area contributed by atoms with Crippen LogP contribution in [-0.2, 0) is 6.54 Å². The van der Waals surface area contributed by atoms with E-state index in [1.165, 1.54) is 0 Å². The Labute approximate surface area is 142 Å². The van der Waals surface area contributed by atoms with E-state index in [1.807, 2.05) is 25.1 Å². The highest BCUT2D eigenvalue weighted by Crippen LogP contribution is 2.30. The molecule has 0 amide bonds. The molecule has 0 aliphatic carbocycles. The van der Waals surface area contributed by atoms with Crippen LogP contribution >= 0.6 is 15.9 Å². The number of anilines is 1. The van der Waals surface area contributed by atoms with Gasteiger partial charge >= 0.3 is 0 Å². The zero-order valence-corrected chi connectivity index (χ0v) is 14.3. The molecule has 7 nitrogen and oxygen atoms in total. The maximum absolute atomic E-state index is 10.3. The molecule has 0 saturated carbocycles. The number of halogens is 1. The quantitative estimate of drug-likeness (QED) is 0.551. The van der Waals surface area contributed by atoms with Crippen LogP contribution in [-0.4, -0.2) is 18.7 Å². The van der Waals surface area contributed by atoms with E-state index in [4.69, 9.17) is 9.47 Å². The zero-order chi connectivity index (χ0) is 16.7. The lowest BCUT2D eigenvalue weighted by molar-refractivity contribution is 0.310. The van der Waals surface area contributed by atoms with Crippen molar-refractivity contribution in [2.24, 2.45) is 5.34 Å². The number of nitrogens with zero attached hydrogens (tertiary/aromatic N) is 2. The first-order valence-electron chi connectivity index (χ1n) is 6.86. The molecule has 1 N–H and O–H groups in total. The van der Waals surface area contributed by atoms with Crippen molar-refractivity contribution in [3.8, 4) is 17.2 Å². The van der Waals surface area contributed by atoms with Crippen LogP contribution in [0.4, 0.5) is 5.82 Å². The van der Waals surface area contributed by atoms with Gasteiger partial charge in [-0.15, -0.1) is 4.91 Å². The molecule has 23 heavy (non-hydrogen) atoms. The number of nitrogens with one attached hydrogen (secondary N) is 1. The van der Waals surface area contributed by atoms with Crippen molar-refractivity contribution in [3.63, 3.8) is 0 Å². The molecular formula is C15H16BrN3O4. The van der Waals surface area contributed by atoms with Crippen LogP contribution in [0.1, 0.15) is 12.5 Å². The van der Waals surface area contributed by atoms with Crippen LogP contribution in [0.25, 0.3) is 0 Å². The average molecular weight is 382 g/mol. The fourth-order valence-corrected chi connectivity index (χ4v) is 2.26. The molecule has 1 heterocycles. The molecule has 0 aliphatic rings. The van der Waals surface area contributed by atoms with E-state index in [2.05, 4.69) is 36.4 Å². The third-order valence-electron chi connectivity index (χ3n) is 2.94. The molecule has 0 atom stereocenters. The van der Waals surface area contributed by atoms with Crippen molar-refractivity contribution in [1.82, 2.24) is 4.98 Å². The largest absolute Gasteiger partial charge is 0.493 e. The number of pyridine rings is 1. The molecule has 8 heteroatoms. The van der Waals surface area contributed by atoms with Crippen molar-refractivity contribution in [1.29, 1.82) is 0 Å². The molecule has 0 saturated heterocycles. The summed E-state index contributed by atoms with van der Waals surface area (Å²) in [5.41, 5.74) is 0.962. The van der Waals surface area contributed by atoms with Gasteiger partial charge in [-0.1, -0.05) is 6.07 Å². The Morgan fingerprint density at radius 2 is 2.09 bits per heavy atom. The van der Waals surface area contributed by atoms with Crippen molar-refractivity contribution >= 4 is 21.7 Å². The lowest BCUT2D eigenvalue weighted by atomic mass is 10.2. The van der Waals surface area contributed by atoms with E-state index in [-0.39, 0.29) is 5.75 Å². The van der Waals surface area contributed by atoms with Gasteiger partial charge in [0.2, 0.25) is 5.75 Å². The molecule has 0 spiro atoms. The van der Waals surface area contributed by atoms with Crippen molar-refractivity contribution in [2.45, 2.75) is 13.5 Å². The number of benzene rings is 1. The summed E-state index contributed by atoms with van der Waals surface area (Å²) in [7, 11) is 1.59. The van der Waals surface area contributed by atoms with E-state index < -0.39 is 0 Å². The highest BCUT2D eigenvalue weighted by Gasteiger charge is 2.09.